The van der Waals surface area contributed by atoms with Crippen molar-refractivity contribution < 1.29 is 75.9 Å². The van der Waals surface area contributed by atoms with Crippen molar-refractivity contribution in [3.63, 3.8) is 0 Å². The van der Waals surface area contributed by atoms with E-state index in [1.807, 2.05) is 76.3 Å². The highest BCUT2D eigenvalue weighted by atomic mass is 16.7. The first-order chi connectivity index (χ1) is 31.8. The minimum Gasteiger partial charge on any atom is -0.467 e. The first-order valence-electron chi connectivity index (χ1n) is 22.3. The van der Waals surface area contributed by atoms with Crippen molar-refractivity contribution >= 4 is 47.5 Å². The Morgan fingerprint density at radius 1 is 0.776 bits per heavy atom. The van der Waals surface area contributed by atoms with Crippen LogP contribution in [0.4, 0.5) is 10.5 Å². The molecule has 6 rings (SSSR count). The molecule has 3 aromatic rings. The summed E-state index contributed by atoms with van der Waals surface area (Å²) in [7, 11) is 3.05. The third-order valence-electron chi connectivity index (χ3n) is 11.7. The van der Waals surface area contributed by atoms with E-state index in [1.165, 1.54) is 6.07 Å². The molecule has 2 amide bonds. The highest BCUT2D eigenvalue weighted by Crippen LogP contribution is 2.44. The number of alkyl carbamates (subject to hydrolysis) is 1. The lowest BCUT2D eigenvalue weighted by Gasteiger charge is -2.44. The Labute approximate surface area is 389 Å². The summed E-state index contributed by atoms with van der Waals surface area (Å²) in [6.07, 6.45) is -6.91. The lowest BCUT2D eigenvalue weighted by Crippen LogP contribution is -2.64. The number of nitrogens with zero attached hydrogens (tertiary/aromatic N) is 1. The van der Waals surface area contributed by atoms with Crippen molar-refractivity contribution in [3.8, 4) is 16.9 Å². The number of methoxy groups -OCH3 is 1. The van der Waals surface area contributed by atoms with Gasteiger partial charge in [-0.15, -0.1) is 0 Å². The number of benzene rings is 3. The summed E-state index contributed by atoms with van der Waals surface area (Å²) in [6.45, 7) is 9.67. The van der Waals surface area contributed by atoms with Gasteiger partial charge in [-0.1, -0.05) is 48.5 Å². The first kappa shape index (κ1) is 49.9. The van der Waals surface area contributed by atoms with Crippen LogP contribution < -0.4 is 15.4 Å². The van der Waals surface area contributed by atoms with Gasteiger partial charge in [0, 0.05) is 51.6 Å². The summed E-state index contributed by atoms with van der Waals surface area (Å²) in [5.41, 5.74) is 4.38. The highest BCUT2D eigenvalue weighted by molar-refractivity contribution is 5.92. The van der Waals surface area contributed by atoms with Crippen LogP contribution in [0.15, 0.2) is 66.7 Å². The van der Waals surface area contributed by atoms with Gasteiger partial charge in [-0.3, -0.25) is 19.2 Å². The minimum absolute atomic E-state index is 0.0372. The monoisotopic (exact) mass is 930 g/mol. The molecular formula is C49H60N3O15+. The van der Waals surface area contributed by atoms with Gasteiger partial charge >= 0.3 is 35.9 Å². The second kappa shape index (κ2) is 21.4. The predicted molar refractivity (Wildman–Crippen MR) is 239 cm³/mol. The Bertz CT molecular complexity index is 2300. The summed E-state index contributed by atoms with van der Waals surface area (Å²) >= 11 is 0. The molecule has 2 heterocycles. The fourth-order valence-corrected chi connectivity index (χ4v) is 8.94. The van der Waals surface area contributed by atoms with E-state index in [2.05, 4.69) is 10.6 Å². The van der Waals surface area contributed by atoms with Crippen molar-refractivity contribution in [3.05, 3.63) is 83.4 Å². The summed E-state index contributed by atoms with van der Waals surface area (Å²) in [4.78, 5) is 90.6. The molecule has 67 heavy (non-hydrogen) atoms. The predicted octanol–water partition coefficient (Wildman–Crippen LogP) is 5.47. The van der Waals surface area contributed by atoms with Crippen molar-refractivity contribution in [1.82, 2.24) is 5.32 Å². The topological polar surface area (TPSA) is 217 Å². The van der Waals surface area contributed by atoms with Crippen LogP contribution >= 0.6 is 0 Å². The normalized spacial score (nSPS) is 23.3. The van der Waals surface area contributed by atoms with E-state index in [-0.39, 0.29) is 42.9 Å². The summed E-state index contributed by atoms with van der Waals surface area (Å²) in [5.74, 6) is -4.67. The standard InChI is InChI=1S/C49H59N3O15/c1-28(53)62-41-42(63-29(2)54)44(64-30(3)55)47(66-43(41)46(58)60-8)65-39-21-20-31(26-52(7)24-14-13-19-38(52)45(57)67-49(4,5)6)25-37(39)51-40(56)22-23-50-48(59)61-27-36-34-17-11-9-15-32(34)33-16-10-12-18-35(33)36/h9-12,15-18,20-21,25,36,38,41-44,47H,13-14,19,22-24,26-27H2,1-8H3,(H-,50,51,56,59)/p+1/t38-,41+,42+,43+,44-,47-,52?/m1/s1. The van der Waals surface area contributed by atoms with Gasteiger partial charge in [-0.2, -0.15) is 0 Å². The summed E-state index contributed by atoms with van der Waals surface area (Å²) < 4.78 is 45.5. The molecule has 360 valence electrons. The number of fused-ring (bicyclic) bond motifs is 3. The Kier molecular flexibility index (Phi) is 15.9. The number of nitrogens with one attached hydrogen (secondary N) is 2. The van der Waals surface area contributed by atoms with Crippen LogP contribution in [0.5, 0.6) is 5.75 Å². The average molecular weight is 931 g/mol. The lowest BCUT2D eigenvalue weighted by atomic mass is 9.97. The number of carbonyl (C=O) groups is 7. The maximum atomic E-state index is 13.7. The second-order valence-corrected chi connectivity index (χ2v) is 18.1. The molecule has 2 fully saturated rings. The van der Waals surface area contributed by atoms with Gasteiger partial charge in [-0.25, -0.2) is 14.4 Å². The number of likely N-dealkylation sites (N-methyl/N-ethyl adjacent to an activating group) is 1. The molecule has 2 N–H and O–H groups in total. The van der Waals surface area contributed by atoms with Crippen molar-refractivity contribution in [1.29, 1.82) is 0 Å². The average Bonchev–Trinajstić information content (AvgIpc) is 3.57. The van der Waals surface area contributed by atoms with Gasteiger partial charge in [0.25, 0.3) is 0 Å². The minimum atomic E-state index is -1.73. The number of rotatable bonds is 15. The maximum Gasteiger partial charge on any atom is 0.407 e. The number of esters is 5. The Balaban J connectivity index is 1.24. The maximum absolute atomic E-state index is 13.7. The number of amides is 2. The van der Waals surface area contributed by atoms with Crippen LogP contribution in [0.3, 0.4) is 0 Å². The molecule has 2 saturated heterocycles. The fourth-order valence-electron chi connectivity index (χ4n) is 8.94. The number of hydrogen-bond acceptors (Lipinski definition) is 15. The number of likely N-dealkylation sites (tertiary alicyclic amines) is 1. The van der Waals surface area contributed by atoms with Gasteiger partial charge in [0.2, 0.25) is 18.3 Å². The third-order valence-corrected chi connectivity index (χ3v) is 11.7. The van der Waals surface area contributed by atoms with E-state index in [1.54, 1.807) is 12.1 Å². The van der Waals surface area contributed by atoms with Crippen molar-refractivity contribution in [2.75, 3.05) is 39.2 Å². The van der Waals surface area contributed by atoms with Gasteiger partial charge < -0.3 is 53.0 Å². The number of quaternary nitrogens is 1. The largest absolute Gasteiger partial charge is 0.467 e. The Hall–Kier alpha value is -6.53. The zero-order valence-corrected chi connectivity index (χ0v) is 39.1. The molecule has 2 aliphatic heterocycles. The van der Waals surface area contributed by atoms with Crippen molar-refractivity contribution in [2.24, 2.45) is 0 Å². The van der Waals surface area contributed by atoms with Crippen molar-refractivity contribution in [2.45, 2.75) is 122 Å². The second-order valence-electron chi connectivity index (χ2n) is 18.1. The SMILES string of the molecule is COC(=O)[C@H]1O[C@@H](Oc2ccc(C[N+]3(C)CCCC[C@@H]3C(=O)OC(C)(C)C)cc2NC(=O)CCNC(=O)OCC2c3ccccc3-c3ccccc32)[C@H](OC(C)=O)[C@@H](OC(C)=O)[C@@H]1OC(C)=O. The van der Waals surface area contributed by atoms with Gasteiger partial charge in [0.1, 0.15) is 24.5 Å². The van der Waals surface area contributed by atoms with Crippen LogP contribution in [-0.4, -0.2) is 123 Å². The molecule has 3 aromatic carbocycles. The van der Waals surface area contributed by atoms with E-state index in [9.17, 15) is 33.6 Å². The quantitative estimate of drug-likeness (QED) is 0.110. The van der Waals surface area contributed by atoms with E-state index < -0.39 is 78.2 Å². The summed E-state index contributed by atoms with van der Waals surface area (Å²) in [5, 5.41) is 5.49. The molecule has 7 atom stereocenters. The van der Waals surface area contributed by atoms with E-state index in [0.717, 1.165) is 63.0 Å². The van der Waals surface area contributed by atoms with Gasteiger partial charge in [-0.05, 0) is 74.1 Å². The number of anilines is 1. The molecule has 0 spiro atoms. The highest BCUT2D eigenvalue weighted by Gasteiger charge is 2.56. The van der Waals surface area contributed by atoms with Crippen LogP contribution in [0, 0.1) is 0 Å². The van der Waals surface area contributed by atoms with E-state index >= 15 is 0 Å². The van der Waals surface area contributed by atoms with Gasteiger partial charge in [0.15, 0.2) is 24.4 Å². The number of carbonyl (C=O) groups excluding carboxylic acids is 7. The molecule has 0 aromatic heterocycles. The molecule has 1 aliphatic carbocycles. The third kappa shape index (κ3) is 12.5. The molecule has 0 saturated carbocycles. The van der Waals surface area contributed by atoms with Crippen LogP contribution in [0.1, 0.15) is 89.8 Å². The Morgan fingerprint density at radius 3 is 2.00 bits per heavy atom. The van der Waals surface area contributed by atoms with Crippen LogP contribution in [0.2, 0.25) is 0 Å². The number of ether oxygens (including phenoxy) is 8. The fraction of sp³-hybridized carbons (Fsp3) is 0.490. The zero-order chi connectivity index (χ0) is 48.6. The molecule has 18 nitrogen and oxygen atoms in total. The molecule has 0 bridgehead atoms. The molecule has 3 aliphatic rings. The van der Waals surface area contributed by atoms with Crippen LogP contribution in [0.25, 0.3) is 11.1 Å². The molecular weight excluding hydrogens is 871 g/mol. The number of piperidine rings is 1. The lowest BCUT2D eigenvalue weighted by molar-refractivity contribution is -0.942. The van der Waals surface area contributed by atoms with Gasteiger partial charge in [0.05, 0.1) is 26.4 Å². The Morgan fingerprint density at radius 2 is 1.39 bits per heavy atom. The molecule has 0 radical (unpaired) electrons. The molecule has 18 heteroatoms. The molecule has 1 unspecified atom stereocenters. The number of hydrogen-bond donors (Lipinski definition) is 2. The smallest absolute Gasteiger partial charge is 0.407 e. The first-order valence-corrected chi connectivity index (χ1v) is 22.3. The van der Waals surface area contributed by atoms with E-state index in [0.29, 0.717) is 29.6 Å². The van der Waals surface area contributed by atoms with Crippen LogP contribution in [-0.2, 0) is 68.5 Å². The zero-order valence-electron chi connectivity index (χ0n) is 39.1. The summed E-state index contributed by atoms with van der Waals surface area (Å²) in [6, 6.07) is 20.4. The van der Waals surface area contributed by atoms with E-state index in [4.69, 9.17) is 37.9 Å².